The Morgan fingerprint density at radius 3 is 2.67 bits per heavy atom. The summed E-state index contributed by atoms with van der Waals surface area (Å²) >= 11 is 0. The van der Waals surface area contributed by atoms with E-state index in [1.54, 1.807) is 18.2 Å². The van der Waals surface area contributed by atoms with Gasteiger partial charge in [0.05, 0.1) is 6.54 Å². The smallest absolute Gasteiger partial charge is 0.266 e. The lowest BCUT2D eigenvalue weighted by atomic mass is 10.1. The van der Waals surface area contributed by atoms with Gasteiger partial charge in [0.25, 0.3) is 11.5 Å². The van der Waals surface area contributed by atoms with E-state index in [1.807, 2.05) is 19.1 Å². The van der Waals surface area contributed by atoms with E-state index in [9.17, 15) is 9.59 Å². The molecule has 0 saturated heterocycles. The molecule has 0 atom stereocenters. The van der Waals surface area contributed by atoms with Crippen LogP contribution >= 0.6 is 0 Å². The lowest BCUT2D eigenvalue weighted by Crippen LogP contribution is -2.32. The molecule has 2 heterocycles. The summed E-state index contributed by atoms with van der Waals surface area (Å²) in [5.74, 6) is 0.299. The fourth-order valence-electron chi connectivity index (χ4n) is 2.13. The number of rotatable bonds is 5. The summed E-state index contributed by atoms with van der Waals surface area (Å²) in [4.78, 5) is 27.8. The quantitative estimate of drug-likeness (QED) is 0.740. The van der Waals surface area contributed by atoms with Gasteiger partial charge in [-0.25, -0.2) is 14.3 Å². The second kappa shape index (κ2) is 6.86. The Bertz CT molecular complexity index is 884. The second-order valence-electron chi connectivity index (χ2n) is 5.21. The molecule has 24 heavy (non-hydrogen) atoms. The first-order valence-electron chi connectivity index (χ1n) is 7.41. The number of benzene rings is 1. The number of amides is 1. The molecule has 0 radical (unpaired) electrons. The van der Waals surface area contributed by atoms with Crippen molar-refractivity contribution in [1.29, 1.82) is 0 Å². The van der Waals surface area contributed by atoms with Crippen LogP contribution in [0.2, 0.25) is 0 Å². The van der Waals surface area contributed by atoms with Crippen LogP contribution in [0.25, 0.3) is 5.82 Å². The van der Waals surface area contributed by atoms with Gasteiger partial charge in [0.15, 0.2) is 5.82 Å². The van der Waals surface area contributed by atoms with Crippen molar-refractivity contribution in [2.75, 3.05) is 6.54 Å². The van der Waals surface area contributed by atoms with Crippen molar-refractivity contribution in [3.8, 4) is 5.82 Å². The molecule has 2 aromatic heterocycles. The minimum Gasteiger partial charge on any atom is -0.350 e. The molecule has 0 saturated carbocycles. The maximum absolute atomic E-state index is 12.0. The van der Waals surface area contributed by atoms with Gasteiger partial charge in [0.1, 0.15) is 12.7 Å². The van der Waals surface area contributed by atoms with Crippen LogP contribution in [0.4, 0.5) is 0 Å². The molecule has 122 valence electrons. The molecule has 3 rings (SSSR count). The first kappa shape index (κ1) is 15.6. The van der Waals surface area contributed by atoms with Crippen molar-refractivity contribution in [2.24, 2.45) is 0 Å². The van der Waals surface area contributed by atoms with E-state index in [0.29, 0.717) is 17.9 Å². The van der Waals surface area contributed by atoms with Gasteiger partial charge in [-0.1, -0.05) is 17.7 Å². The van der Waals surface area contributed by atoms with Crippen molar-refractivity contribution < 1.29 is 4.79 Å². The van der Waals surface area contributed by atoms with Gasteiger partial charge in [-0.2, -0.15) is 5.10 Å². The van der Waals surface area contributed by atoms with E-state index in [2.05, 4.69) is 20.5 Å². The molecule has 0 fully saturated rings. The molecular formula is C16H16N6O2. The molecule has 0 aliphatic heterocycles. The fourth-order valence-corrected chi connectivity index (χ4v) is 2.13. The minimum atomic E-state index is -0.247. The zero-order chi connectivity index (χ0) is 16.9. The first-order valence-corrected chi connectivity index (χ1v) is 7.41. The molecule has 8 heteroatoms. The van der Waals surface area contributed by atoms with Gasteiger partial charge in [-0.15, -0.1) is 5.10 Å². The maximum Gasteiger partial charge on any atom is 0.266 e. The number of aromatic nitrogens is 5. The predicted octanol–water partition coefficient (Wildman–Crippen LogP) is 0.562. The van der Waals surface area contributed by atoms with E-state index >= 15 is 0 Å². The van der Waals surface area contributed by atoms with Gasteiger partial charge in [0.2, 0.25) is 0 Å². The van der Waals surface area contributed by atoms with Crippen molar-refractivity contribution in [3.05, 3.63) is 70.5 Å². The molecule has 8 nitrogen and oxygen atoms in total. The third-order valence-electron chi connectivity index (χ3n) is 3.43. The molecule has 3 aromatic rings. The zero-order valence-corrected chi connectivity index (χ0v) is 13.1. The fraction of sp³-hybridized carbons (Fsp3) is 0.188. The molecule has 0 bridgehead atoms. The number of nitrogens with zero attached hydrogens (tertiary/aromatic N) is 5. The van der Waals surface area contributed by atoms with Crippen LogP contribution < -0.4 is 10.9 Å². The Morgan fingerprint density at radius 1 is 1.17 bits per heavy atom. The van der Waals surface area contributed by atoms with E-state index < -0.39 is 0 Å². The summed E-state index contributed by atoms with van der Waals surface area (Å²) in [6.45, 7) is 2.52. The van der Waals surface area contributed by atoms with Crippen LogP contribution in [0, 0.1) is 6.92 Å². The SMILES string of the molecule is Cc1ccc(C(=O)NCCn2nc(-n3cncn3)ccc2=O)cc1. The average molecular weight is 324 g/mol. The predicted molar refractivity (Wildman–Crippen MR) is 86.9 cm³/mol. The van der Waals surface area contributed by atoms with Crippen LogP contribution in [0.5, 0.6) is 0 Å². The third-order valence-corrected chi connectivity index (χ3v) is 3.43. The number of nitrogens with one attached hydrogen (secondary N) is 1. The molecule has 0 spiro atoms. The third kappa shape index (κ3) is 3.54. The van der Waals surface area contributed by atoms with E-state index in [-0.39, 0.29) is 18.0 Å². The minimum absolute atomic E-state index is 0.185. The topological polar surface area (TPSA) is 94.7 Å². The highest BCUT2D eigenvalue weighted by Crippen LogP contribution is 2.02. The van der Waals surface area contributed by atoms with Crippen molar-refractivity contribution >= 4 is 5.91 Å². The lowest BCUT2D eigenvalue weighted by Gasteiger charge is -2.08. The summed E-state index contributed by atoms with van der Waals surface area (Å²) in [5.41, 5.74) is 1.42. The van der Waals surface area contributed by atoms with Gasteiger partial charge in [-0.3, -0.25) is 9.59 Å². The highest BCUT2D eigenvalue weighted by atomic mass is 16.2. The summed E-state index contributed by atoms with van der Waals surface area (Å²) in [6.07, 6.45) is 2.88. The summed E-state index contributed by atoms with van der Waals surface area (Å²) in [5, 5.41) is 11.0. The molecule has 0 unspecified atom stereocenters. The van der Waals surface area contributed by atoms with E-state index in [4.69, 9.17) is 0 Å². The highest BCUT2D eigenvalue weighted by Gasteiger charge is 2.06. The molecular weight excluding hydrogens is 308 g/mol. The lowest BCUT2D eigenvalue weighted by molar-refractivity contribution is 0.0951. The molecule has 0 aliphatic rings. The normalized spacial score (nSPS) is 10.5. The summed E-state index contributed by atoms with van der Waals surface area (Å²) < 4.78 is 2.74. The van der Waals surface area contributed by atoms with Crippen LogP contribution in [-0.4, -0.2) is 37.0 Å². The molecule has 0 aliphatic carbocycles. The zero-order valence-electron chi connectivity index (χ0n) is 13.1. The van der Waals surface area contributed by atoms with Crippen molar-refractivity contribution in [1.82, 2.24) is 29.9 Å². The standard InChI is InChI=1S/C16H16N6O2/c1-12-2-4-13(5-3-12)16(24)18-8-9-21-15(23)7-6-14(20-21)22-11-17-10-19-22/h2-7,10-11H,8-9H2,1H3,(H,18,24). The summed E-state index contributed by atoms with van der Waals surface area (Å²) in [7, 11) is 0. The van der Waals surface area contributed by atoms with Gasteiger partial charge in [-0.05, 0) is 25.1 Å². The average Bonchev–Trinajstić information content (AvgIpc) is 3.11. The van der Waals surface area contributed by atoms with E-state index in [1.165, 1.54) is 28.1 Å². The molecule has 1 aromatic carbocycles. The van der Waals surface area contributed by atoms with Crippen molar-refractivity contribution in [2.45, 2.75) is 13.5 Å². The second-order valence-corrected chi connectivity index (χ2v) is 5.21. The van der Waals surface area contributed by atoms with Gasteiger partial charge < -0.3 is 5.32 Å². The Morgan fingerprint density at radius 2 is 1.96 bits per heavy atom. The van der Waals surface area contributed by atoms with Crippen LogP contribution in [0.3, 0.4) is 0 Å². The van der Waals surface area contributed by atoms with Crippen LogP contribution in [0.1, 0.15) is 15.9 Å². The molecule has 1 N–H and O–H groups in total. The summed E-state index contributed by atoms with van der Waals surface area (Å²) in [6, 6.07) is 10.3. The Labute approximate surface area is 137 Å². The van der Waals surface area contributed by atoms with Gasteiger partial charge >= 0.3 is 0 Å². The van der Waals surface area contributed by atoms with E-state index in [0.717, 1.165) is 5.56 Å². The Hall–Kier alpha value is -3.29. The number of hydrogen-bond acceptors (Lipinski definition) is 5. The Balaban J connectivity index is 1.64. The van der Waals surface area contributed by atoms with Crippen LogP contribution in [-0.2, 0) is 6.54 Å². The van der Waals surface area contributed by atoms with Crippen molar-refractivity contribution in [3.63, 3.8) is 0 Å². The first-order chi connectivity index (χ1) is 11.6. The maximum atomic E-state index is 12.0. The number of carbonyl (C=O) groups excluding carboxylic acids is 1. The van der Waals surface area contributed by atoms with Gasteiger partial charge in [0, 0.05) is 18.2 Å². The number of aryl methyl sites for hydroxylation is 1. The highest BCUT2D eigenvalue weighted by molar-refractivity contribution is 5.94. The Kier molecular flexibility index (Phi) is 4.46. The monoisotopic (exact) mass is 324 g/mol. The number of hydrogen-bond donors (Lipinski definition) is 1. The largest absolute Gasteiger partial charge is 0.350 e. The number of carbonyl (C=O) groups is 1. The molecule has 1 amide bonds. The van der Waals surface area contributed by atoms with Crippen LogP contribution in [0.15, 0.2) is 53.8 Å².